The van der Waals surface area contributed by atoms with Gasteiger partial charge in [0.05, 0.1) is 6.61 Å². The third kappa shape index (κ3) is 10.7. The van der Waals surface area contributed by atoms with Gasteiger partial charge in [0, 0.05) is 16.3 Å². The summed E-state index contributed by atoms with van der Waals surface area (Å²) in [6, 6.07) is 30.4. The summed E-state index contributed by atoms with van der Waals surface area (Å²) in [6.07, 6.45) is -1.39. The maximum Gasteiger partial charge on any atom is 0.407 e. The first-order chi connectivity index (χ1) is 26.6. The molecule has 0 heterocycles. The highest BCUT2D eigenvalue weighted by Gasteiger charge is 2.32. The second kappa shape index (κ2) is 18.3. The molecule has 0 saturated heterocycles. The van der Waals surface area contributed by atoms with Gasteiger partial charge in [-0.15, -0.1) is 0 Å². The molecule has 0 fully saturated rings. The molecule has 56 heavy (non-hydrogen) atoms. The lowest BCUT2D eigenvalue weighted by atomic mass is 9.98. The summed E-state index contributed by atoms with van der Waals surface area (Å²) in [4.78, 5) is 48.8. The number of hydrogen-bond acceptors (Lipinski definition) is 9. The van der Waals surface area contributed by atoms with Crippen molar-refractivity contribution in [3.8, 4) is 22.3 Å². The van der Waals surface area contributed by atoms with E-state index in [9.17, 15) is 24.3 Å². The monoisotopic (exact) mass is 876 g/mol. The van der Waals surface area contributed by atoms with Crippen LogP contribution < -0.4 is 10.6 Å². The molecule has 0 aliphatic heterocycles. The standard InChI is InChI=1S/C22H24INO4.C22H25NO5/c1-22(2,3)28-20(25)19(12-23)24-21(26)27-13-18-16-10-6-4-8-14(16)15-9-5-7-11-17(15)18;1-22(2,3)28-20(25)19(12-24)23-21(26)27-13-18-16-10-6-4-8-14(16)15-9-5-7-11-17(15)18/h4-11,18-19H,12-13H2,1-3H3,(H,24,26);4-11,18-19,24H,12-13H2,1-3H3,(H,23,26)/t2*19-/m00/s1. The van der Waals surface area contributed by atoms with Gasteiger partial charge in [-0.05, 0) is 86.1 Å². The number of ether oxygens (including phenoxy) is 4. The van der Waals surface area contributed by atoms with Gasteiger partial charge in [0.2, 0.25) is 0 Å². The van der Waals surface area contributed by atoms with E-state index in [1.54, 1.807) is 41.5 Å². The van der Waals surface area contributed by atoms with Crippen LogP contribution in [0.1, 0.15) is 75.6 Å². The first-order valence-corrected chi connectivity index (χ1v) is 20.0. The Balaban J connectivity index is 0.000000214. The predicted octanol–water partition coefficient (Wildman–Crippen LogP) is 7.90. The van der Waals surface area contributed by atoms with E-state index in [0.29, 0.717) is 4.43 Å². The SMILES string of the molecule is CC(C)(C)OC(=O)[C@H](CI)NC(=O)OCC1c2ccccc2-c2ccccc21.CC(C)(C)OC(=O)[C@H](CO)NC(=O)OCC1c2ccccc2-c2ccccc21. The van der Waals surface area contributed by atoms with E-state index in [4.69, 9.17) is 18.9 Å². The van der Waals surface area contributed by atoms with E-state index >= 15 is 0 Å². The second-order valence-corrected chi connectivity index (χ2v) is 16.3. The number of alkyl halides is 1. The van der Waals surface area contributed by atoms with Gasteiger partial charge in [0.15, 0.2) is 6.04 Å². The smallest absolute Gasteiger partial charge is 0.407 e. The Morgan fingerprint density at radius 3 is 1.18 bits per heavy atom. The number of carbonyl (C=O) groups excluding carboxylic acids is 4. The zero-order valence-electron chi connectivity index (χ0n) is 32.5. The van der Waals surface area contributed by atoms with Gasteiger partial charge in [0.25, 0.3) is 0 Å². The molecule has 4 aromatic carbocycles. The topological polar surface area (TPSA) is 149 Å². The maximum absolute atomic E-state index is 12.3. The number of alkyl carbamates (subject to hydrolysis) is 2. The largest absolute Gasteiger partial charge is 0.458 e. The number of nitrogens with one attached hydrogen (secondary N) is 2. The fourth-order valence-electron chi connectivity index (χ4n) is 6.65. The predicted molar refractivity (Wildman–Crippen MR) is 222 cm³/mol. The minimum atomic E-state index is -1.17. The number of hydrogen-bond donors (Lipinski definition) is 3. The molecular formula is C44H49IN2O9. The normalized spacial score (nSPS) is 14.0. The van der Waals surface area contributed by atoms with E-state index in [0.717, 1.165) is 33.4 Å². The van der Waals surface area contributed by atoms with Gasteiger partial charge in [-0.25, -0.2) is 19.2 Å². The Hall–Kier alpha value is -4.95. The zero-order chi connectivity index (χ0) is 40.6. The molecule has 2 aliphatic rings. The fraction of sp³-hybridized carbons (Fsp3) is 0.364. The molecule has 296 valence electrons. The number of amides is 2. The fourth-order valence-corrected chi connectivity index (χ4v) is 7.23. The lowest BCUT2D eigenvalue weighted by Crippen LogP contribution is -2.46. The Morgan fingerprint density at radius 1 is 0.571 bits per heavy atom. The van der Waals surface area contributed by atoms with E-state index < -0.39 is 54.0 Å². The van der Waals surface area contributed by atoms with Crippen molar-refractivity contribution < 1.29 is 43.2 Å². The highest BCUT2D eigenvalue weighted by molar-refractivity contribution is 14.1. The Kier molecular flexibility index (Phi) is 13.8. The van der Waals surface area contributed by atoms with E-state index in [-0.39, 0.29) is 25.0 Å². The molecule has 0 unspecified atom stereocenters. The number of halogens is 1. The second-order valence-electron chi connectivity index (χ2n) is 15.4. The van der Waals surface area contributed by atoms with E-state index in [2.05, 4.69) is 47.0 Å². The summed E-state index contributed by atoms with van der Waals surface area (Å²) in [6.45, 7) is 10.3. The van der Waals surface area contributed by atoms with Crippen LogP contribution in [0.5, 0.6) is 0 Å². The van der Waals surface area contributed by atoms with Crippen molar-refractivity contribution in [1.82, 2.24) is 10.6 Å². The number of fused-ring (bicyclic) bond motifs is 6. The van der Waals surface area contributed by atoms with Crippen LogP contribution in [0.4, 0.5) is 9.59 Å². The number of esters is 2. The minimum Gasteiger partial charge on any atom is -0.458 e. The molecule has 0 aromatic heterocycles. The average Bonchev–Trinajstić information content (AvgIpc) is 3.65. The van der Waals surface area contributed by atoms with Crippen molar-refractivity contribution in [2.75, 3.05) is 24.2 Å². The summed E-state index contributed by atoms with van der Waals surface area (Å²) < 4.78 is 21.8. The Morgan fingerprint density at radius 2 is 0.875 bits per heavy atom. The number of aliphatic hydroxyl groups excluding tert-OH is 1. The highest BCUT2D eigenvalue weighted by Crippen LogP contribution is 2.45. The molecule has 0 radical (unpaired) electrons. The van der Waals surface area contributed by atoms with Gasteiger partial charge in [-0.2, -0.15) is 0 Å². The van der Waals surface area contributed by atoms with Crippen molar-refractivity contribution >= 4 is 46.7 Å². The molecule has 0 saturated carbocycles. The van der Waals surface area contributed by atoms with Crippen LogP contribution >= 0.6 is 22.6 Å². The summed E-state index contributed by atoms with van der Waals surface area (Å²) in [5.74, 6) is -1.26. The molecule has 6 rings (SSSR count). The molecule has 2 atom stereocenters. The molecule has 0 spiro atoms. The van der Waals surface area contributed by atoms with Gasteiger partial charge < -0.3 is 34.7 Å². The van der Waals surface area contributed by atoms with Crippen molar-refractivity contribution in [3.63, 3.8) is 0 Å². The van der Waals surface area contributed by atoms with Crippen molar-refractivity contribution in [2.45, 2.75) is 76.7 Å². The quantitative estimate of drug-likeness (QED) is 0.0626. The van der Waals surface area contributed by atoms with Crippen molar-refractivity contribution in [2.24, 2.45) is 0 Å². The summed E-state index contributed by atoms with van der Waals surface area (Å²) >= 11 is 2.05. The maximum atomic E-state index is 12.3. The van der Waals surface area contributed by atoms with Crippen LogP contribution in [-0.4, -0.2) is 76.8 Å². The molecule has 2 amide bonds. The Labute approximate surface area is 341 Å². The van der Waals surface area contributed by atoms with Crippen LogP contribution in [0.2, 0.25) is 0 Å². The van der Waals surface area contributed by atoms with Crippen LogP contribution in [-0.2, 0) is 28.5 Å². The lowest BCUT2D eigenvalue weighted by Gasteiger charge is -2.23. The molecule has 3 N–H and O–H groups in total. The first kappa shape index (κ1) is 42.2. The van der Waals surface area contributed by atoms with Gasteiger partial charge in [-0.1, -0.05) is 120 Å². The Bertz CT molecular complexity index is 1800. The number of aliphatic hydroxyl groups is 1. The lowest BCUT2D eigenvalue weighted by molar-refractivity contribution is -0.158. The third-order valence-electron chi connectivity index (χ3n) is 8.99. The summed E-state index contributed by atoms with van der Waals surface area (Å²) in [5, 5.41) is 14.4. The van der Waals surface area contributed by atoms with Crippen LogP contribution in [0.25, 0.3) is 22.3 Å². The van der Waals surface area contributed by atoms with Crippen molar-refractivity contribution in [3.05, 3.63) is 119 Å². The number of rotatable bonds is 10. The highest BCUT2D eigenvalue weighted by atomic mass is 127. The molecular weight excluding hydrogens is 827 g/mol. The van der Waals surface area contributed by atoms with Crippen LogP contribution in [0.3, 0.4) is 0 Å². The van der Waals surface area contributed by atoms with E-state index in [1.165, 1.54) is 11.1 Å². The average molecular weight is 877 g/mol. The van der Waals surface area contributed by atoms with E-state index in [1.807, 2.05) is 83.3 Å². The molecule has 4 aromatic rings. The van der Waals surface area contributed by atoms with Crippen LogP contribution in [0, 0.1) is 0 Å². The van der Waals surface area contributed by atoms with Crippen LogP contribution in [0.15, 0.2) is 97.1 Å². The molecule has 0 bridgehead atoms. The molecule has 12 heteroatoms. The van der Waals surface area contributed by atoms with Gasteiger partial charge >= 0.3 is 24.1 Å². The first-order valence-electron chi connectivity index (χ1n) is 18.5. The molecule has 2 aliphatic carbocycles. The number of benzene rings is 4. The van der Waals surface area contributed by atoms with Gasteiger partial charge in [-0.3, -0.25) is 0 Å². The summed E-state index contributed by atoms with van der Waals surface area (Å²) in [5.41, 5.74) is 7.78. The zero-order valence-corrected chi connectivity index (χ0v) is 34.6. The third-order valence-corrected chi connectivity index (χ3v) is 9.87. The molecule has 11 nitrogen and oxygen atoms in total. The minimum absolute atomic E-state index is 0.0160. The van der Waals surface area contributed by atoms with Crippen molar-refractivity contribution in [1.29, 1.82) is 0 Å². The summed E-state index contributed by atoms with van der Waals surface area (Å²) in [7, 11) is 0. The van der Waals surface area contributed by atoms with Gasteiger partial charge in [0.1, 0.15) is 30.5 Å². The number of carbonyl (C=O) groups is 4.